The first kappa shape index (κ1) is 16.0. The second kappa shape index (κ2) is 7.49. The molecule has 0 radical (unpaired) electrons. The minimum Gasteiger partial charge on any atom is -0.481 e. The average molecular weight is 279 g/mol. The van der Waals surface area contributed by atoms with Crippen LogP contribution in [0, 0.1) is 0 Å². The number of nitrogens with one attached hydrogen (secondary N) is 2. The largest absolute Gasteiger partial charge is 0.481 e. The van der Waals surface area contributed by atoms with Gasteiger partial charge in [-0.1, -0.05) is 25.1 Å². The zero-order chi connectivity index (χ0) is 15.1. The highest BCUT2D eigenvalue weighted by Gasteiger charge is 2.19. The summed E-state index contributed by atoms with van der Waals surface area (Å²) in [4.78, 5) is 22.8. The zero-order valence-corrected chi connectivity index (χ0v) is 12.0. The molecule has 1 aromatic rings. The molecule has 0 spiro atoms. The molecular formula is C14H21N3O3. The average Bonchev–Trinajstić information content (AvgIpc) is 2.46. The van der Waals surface area contributed by atoms with Crippen molar-refractivity contribution in [1.82, 2.24) is 10.6 Å². The van der Waals surface area contributed by atoms with Gasteiger partial charge in [-0.2, -0.15) is 0 Å². The number of rotatable bonds is 5. The van der Waals surface area contributed by atoms with Gasteiger partial charge in [-0.15, -0.1) is 0 Å². The Labute approximate surface area is 118 Å². The summed E-state index contributed by atoms with van der Waals surface area (Å²) in [5.41, 5.74) is 6.85. The summed E-state index contributed by atoms with van der Waals surface area (Å²) in [6.07, 6.45) is -0.0309. The molecule has 1 rings (SSSR count). The molecule has 1 unspecified atom stereocenters. The lowest BCUT2D eigenvalue weighted by atomic mass is 10.0. The third-order valence-electron chi connectivity index (χ3n) is 2.90. The lowest BCUT2D eigenvalue weighted by molar-refractivity contribution is -0.126. The van der Waals surface area contributed by atoms with Crippen LogP contribution in [-0.4, -0.2) is 25.1 Å². The Bertz CT molecular complexity index is 476. The molecular weight excluding hydrogens is 258 g/mol. The highest BCUT2D eigenvalue weighted by Crippen LogP contribution is 2.26. The van der Waals surface area contributed by atoms with Crippen molar-refractivity contribution in [2.75, 3.05) is 7.05 Å². The van der Waals surface area contributed by atoms with Gasteiger partial charge in [-0.05, 0) is 19.4 Å². The number of urea groups is 1. The number of nitrogens with two attached hydrogens (primary N) is 1. The Kier molecular flexibility index (Phi) is 5.99. The number of para-hydroxylation sites is 1. The molecule has 0 heterocycles. The third kappa shape index (κ3) is 4.24. The number of imide groups is 1. The van der Waals surface area contributed by atoms with Crippen LogP contribution >= 0.6 is 0 Å². The molecule has 0 fully saturated rings. The van der Waals surface area contributed by atoms with Gasteiger partial charge in [-0.25, -0.2) is 4.79 Å². The van der Waals surface area contributed by atoms with Crippen molar-refractivity contribution in [3.05, 3.63) is 29.8 Å². The van der Waals surface area contributed by atoms with Crippen LogP contribution in [0.5, 0.6) is 5.75 Å². The van der Waals surface area contributed by atoms with Gasteiger partial charge in [0, 0.05) is 18.7 Å². The fourth-order valence-corrected chi connectivity index (χ4v) is 1.63. The van der Waals surface area contributed by atoms with Gasteiger partial charge in [-0.3, -0.25) is 10.1 Å². The molecule has 3 amide bonds. The zero-order valence-electron chi connectivity index (χ0n) is 12.0. The summed E-state index contributed by atoms with van der Waals surface area (Å²) in [6, 6.07) is 6.59. The van der Waals surface area contributed by atoms with Crippen LogP contribution in [0.25, 0.3) is 0 Å². The van der Waals surface area contributed by atoms with Crippen molar-refractivity contribution in [3.8, 4) is 5.75 Å². The van der Waals surface area contributed by atoms with E-state index in [2.05, 4.69) is 10.6 Å². The first-order valence-electron chi connectivity index (χ1n) is 6.53. The Hall–Kier alpha value is -2.08. The van der Waals surface area contributed by atoms with E-state index in [1.165, 1.54) is 7.05 Å². The quantitative estimate of drug-likeness (QED) is 0.757. The minimum absolute atomic E-state index is 0.152. The van der Waals surface area contributed by atoms with Crippen LogP contribution in [0.1, 0.15) is 31.9 Å². The molecule has 20 heavy (non-hydrogen) atoms. The molecule has 6 heteroatoms. The first-order valence-corrected chi connectivity index (χ1v) is 6.53. The van der Waals surface area contributed by atoms with E-state index in [1.54, 1.807) is 13.0 Å². The minimum atomic E-state index is -0.794. The Balaban J connectivity index is 2.77. The van der Waals surface area contributed by atoms with Crippen LogP contribution in [0.2, 0.25) is 0 Å². The van der Waals surface area contributed by atoms with Crippen molar-refractivity contribution in [2.24, 2.45) is 5.73 Å². The van der Waals surface area contributed by atoms with Crippen molar-refractivity contribution in [3.63, 3.8) is 0 Å². The fraction of sp³-hybridized carbons (Fsp3) is 0.429. The lowest BCUT2D eigenvalue weighted by Gasteiger charge is -2.19. The van der Waals surface area contributed by atoms with Gasteiger partial charge >= 0.3 is 6.03 Å². The number of carbonyl (C=O) groups excluding carboxylic acids is 2. The molecule has 2 atom stereocenters. The summed E-state index contributed by atoms with van der Waals surface area (Å²) in [5, 5.41) is 4.47. The molecule has 6 nitrogen and oxygen atoms in total. The van der Waals surface area contributed by atoms with Crippen LogP contribution < -0.4 is 21.1 Å². The highest BCUT2D eigenvalue weighted by molar-refractivity contribution is 5.96. The normalized spacial score (nSPS) is 13.2. The number of ether oxygens (including phenoxy) is 1. The molecule has 0 saturated carbocycles. The van der Waals surface area contributed by atoms with Crippen molar-refractivity contribution < 1.29 is 14.3 Å². The number of amides is 3. The van der Waals surface area contributed by atoms with Gasteiger partial charge in [0.05, 0.1) is 0 Å². The van der Waals surface area contributed by atoms with E-state index in [0.29, 0.717) is 5.75 Å². The Morgan fingerprint density at radius 3 is 2.60 bits per heavy atom. The van der Waals surface area contributed by atoms with Crippen molar-refractivity contribution in [2.45, 2.75) is 32.4 Å². The molecule has 0 aliphatic rings. The van der Waals surface area contributed by atoms with E-state index in [0.717, 1.165) is 12.0 Å². The van der Waals surface area contributed by atoms with Gasteiger partial charge in [0.25, 0.3) is 5.91 Å². The SMILES string of the molecule is CC[C@H](N)c1ccccc1OC(C)C(=O)NC(=O)NC. The van der Waals surface area contributed by atoms with E-state index in [-0.39, 0.29) is 6.04 Å². The van der Waals surface area contributed by atoms with Crippen LogP contribution in [0.4, 0.5) is 4.79 Å². The van der Waals surface area contributed by atoms with Gasteiger partial charge in [0.1, 0.15) is 5.75 Å². The van der Waals surface area contributed by atoms with E-state index < -0.39 is 18.0 Å². The summed E-state index contributed by atoms with van der Waals surface area (Å²) >= 11 is 0. The number of carbonyl (C=O) groups is 2. The molecule has 0 aliphatic heterocycles. The topological polar surface area (TPSA) is 93.4 Å². The predicted octanol–water partition coefficient (Wildman–Crippen LogP) is 1.32. The molecule has 110 valence electrons. The Morgan fingerprint density at radius 2 is 2.00 bits per heavy atom. The maximum Gasteiger partial charge on any atom is 0.321 e. The van der Waals surface area contributed by atoms with E-state index in [9.17, 15) is 9.59 Å². The molecule has 0 aromatic heterocycles. The number of benzene rings is 1. The van der Waals surface area contributed by atoms with Crippen LogP contribution in [0.15, 0.2) is 24.3 Å². The standard InChI is InChI=1S/C14H21N3O3/c1-4-11(15)10-7-5-6-8-12(10)20-9(2)13(18)17-14(19)16-3/h5-9,11H,4,15H2,1-3H3,(H2,16,17,18,19)/t9?,11-/m0/s1. The van der Waals surface area contributed by atoms with Crippen molar-refractivity contribution in [1.29, 1.82) is 0 Å². The molecule has 4 N–H and O–H groups in total. The van der Waals surface area contributed by atoms with Gasteiger partial charge in [0.2, 0.25) is 0 Å². The molecule has 0 bridgehead atoms. The monoisotopic (exact) mass is 279 g/mol. The summed E-state index contributed by atoms with van der Waals surface area (Å²) in [6.45, 7) is 3.55. The molecule has 0 aliphatic carbocycles. The fourth-order valence-electron chi connectivity index (χ4n) is 1.63. The van der Waals surface area contributed by atoms with E-state index >= 15 is 0 Å². The molecule has 0 saturated heterocycles. The van der Waals surface area contributed by atoms with E-state index in [1.807, 2.05) is 25.1 Å². The number of hydrogen-bond acceptors (Lipinski definition) is 4. The maximum absolute atomic E-state index is 11.7. The van der Waals surface area contributed by atoms with Crippen molar-refractivity contribution >= 4 is 11.9 Å². The van der Waals surface area contributed by atoms with Crippen LogP contribution in [-0.2, 0) is 4.79 Å². The van der Waals surface area contributed by atoms with E-state index in [4.69, 9.17) is 10.5 Å². The second-order valence-corrected chi connectivity index (χ2v) is 4.38. The maximum atomic E-state index is 11.7. The third-order valence-corrected chi connectivity index (χ3v) is 2.90. The van der Waals surface area contributed by atoms with Gasteiger partial charge < -0.3 is 15.8 Å². The second-order valence-electron chi connectivity index (χ2n) is 4.38. The van der Waals surface area contributed by atoms with Crippen LogP contribution in [0.3, 0.4) is 0 Å². The summed E-state index contributed by atoms with van der Waals surface area (Å²) in [7, 11) is 1.43. The summed E-state index contributed by atoms with van der Waals surface area (Å²) < 4.78 is 5.60. The number of hydrogen-bond donors (Lipinski definition) is 3. The molecule has 1 aromatic carbocycles. The van der Waals surface area contributed by atoms with Gasteiger partial charge in [0.15, 0.2) is 6.10 Å². The summed E-state index contributed by atoms with van der Waals surface area (Å²) in [5.74, 6) is 0.0469. The Morgan fingerprint density at radius 1 is 1.35 bits per heavy atom. The first-order chi connectivity index (χ1) is 9.49. The highest BCUT2D eigenvalue weighted by atomic mass is 16.5. The lowest BCUT2D eigenvalue weighted by Crippen LogP contribution is -2.44. The smallest absolute Gasteiger partial charge is 0.321 e. The predicted molar refractivity (Wildman–Crippen MR) is 76.3 cm³/mol.